The highest BCUT2D eigenvalue weighted by Crippen LogP contribution is 2.14. The summed E-state index contributed by atoms with van der Waals surface area (Å²) in [5, 5.41) is 3.98. The molecule has 1 heterocycles. The van der Waals surface area contributed by atoms with Crippen molar-refractivity contribution in [3.63, 3.8) is 0 Å². The van der Waals surface area contributed by atoms with E-state index < -0.39 is 0 Å². The summed E-state index contributed by atoms with van der Waals surface area (Å²) in [5.41, 5.74) is 1.54. The summed E-state index contributed by atoms with van der Waals surface area (Å²) in [6, 6.07) is 9.68. The normalized spacial score (nSPS) is 13.0. The number of nitrogens with one attached hydrogen (secondary N) is 2. The highest BCUT2D eigenvalue weighted by molar-refractivity contribution is 5.98. The molecule has 4 nitrogen and oxygen atoms in total. The van der Waals surface area contributed by atoms with Gasteiger partial charge in [0.05, 0.1) is 6.54 Å². The van der Waals surface area contributed by atoms with Gasteiger partial charge in [-0.3, -0.25) is 9.79 Å². The van der Waals surface area contributed by atoms with Gasteiger partial charge in [0.25, 0.3) is 5.91 Å². The lowest BCUT2D eigenvalue weighted by Gasteiger charge is -2.10. The van der Waals surface area contributed by atoms with Crippen molar-refractivity contribution in [2.75, 3.05) is 6.54 Å². The number of amides is 1. The predicted octanol–water partition coefficient (Wildman–Crippen LogP) is 3.49. The minimum absolute atomic E-state index is 0.0152. The van der Waals surface area contributed by atoms with Crippen molar-refractivity contribution in [1.82, 2.24) is 10.3 Å². The van der Waals surface area contributed by atoms with Gasteiger partial charge in [-0.25, -0.2) is 0 Å². The van der Waals surface area contributed by atoms with E-state index in [9.17, 15) is 4.79 Å². The lowest BCUT2D eigenvalue weighted by atomic mass is 10.2. The van der Waals surface area contributed by atoms with Crippen LogP contribution in [-0.2, 0) is 0 Å². The molecule has 0 fully saturated rings. The van der Waals surface area contributed by atoms with Gasteiger partial charge in [-0.2, -0.15) is 0 Å². The number of aromatic nitrogens is 1. The van der Waals surface area contributed by atoms with Crippen molar-refractivity contribution < 1.29 is 4.79 Å². The van der Waals surface area contributed by atoms with Crippen molar-refractivity contribution in [2.45, 2.75) is 19.4 Å². The van der Waals surface area contributed by atoms with Crippen molar-refractivity contribution in [3.05, 3.63) is 60.8 Å². The number of hydrogen-bond donors (Lipinski definition) is 2. The van der Waals surface area contributed by atoms with Crippen LogP contribution in [0.1, 0.15) is 23.8 Å². The van der Waals surface area contributed by atoms with E-state index in [4.69, 9.17) is 0 Å². The van der Waals surface area contributed by atoms with Crippen LogP contribution in [0.2, 0.25) is 0 Å². The summed E-state index contributed by atoms with van der Waals surface area (Å²) in [4.78, 5) is 19.6. The van der Waals surface area contributed by atoms with Gasteiger partial charge in [0, 0.05) is 29.6 Å². The fourth-order valence-electron chi connectivity index (χ4n) is 2.09. The quantitative estimate of drug-likeness (QED) is 0.596. The van der Waals surface area contributed by atoms with E-state index in [-0.39, 0.29) is 11.9 Å². The largest absolute Gasteiger partial charge is 0.351 e. The Kier molecular flexibility index (Phi) is 5.72. The number of hydrogen-bond acceptors (Lipinski definition) is 2. The first kappa shape index (κ1) is 15.8. The number of aromatic amines is 1. The van der Waals surface area contributed by atoms with Gasteiger partial charge in [0.15, 0.2) is 0 Å². The molecule has 4 heteroatoms. The minimum atomic E-state index is -0.106. The lowest BCUT2D eigenvalue weighted by Crippen LogP contribution is -2.34. The van der Waals surface area contributed by atoms with Gasteiger partial charge in [0.1, 0.15) is 5.69 Å². The zero-order chi connectivity index (χ0) is 15.8. The second-order valence-corrected chi connectivity index (χ2v) is 5.09. The molecule has 22 heavy (non-hydrogen) atoms. The standard InChI is InChI=1S/C18H21N3O/c1-3-4-5-8-11-19-13-14(2)20-18(22)17-12-15-9-6-7-10-16(15)21-17/h3-7,9-12,14,21H,1,8,13H2,2H3,(H,20,22)/b5-4-,19-11?. The lowest BCUT2D eigenvalue weighted by molar-refractivity contribution is 0.0937. The third-order valence-electron chi connectivity index (χ3n) is 3.17. The summed E-state index contributed by atoms with van der Waals surface area (Å²) in [6.07, 6.45) is 8.20. The number of nitrogens with zero attached hydrogens (tertiary/aromatic N) is 1. The summed E-state index contributed by atoms with van der Waals surface area (Å²) in [7, 11) is 0. The monoisotopic (exact) mass is 295 g/mol. The van der Waals surface area contributed by atoms with E-state index in [0.29, 0.717) is 12.2 Å². The maximum atomic E-state index is 12.2. The number of H-pyrrole nitrogens is 1. The Morgan fingerprint density at radius 3 is 3.05 bits per heavy atom. The number of allylic oxidation sites excluding steroid dienone is 3. The van der Waals surface area contributed by atoms with Crippen LogP contribution in [0, 0.1) is 0 Å². The van der Waals surface area contributed by atoms with Crippen molar-refractivity contribution in [1.29, 1.82) is 0 Å². The van der Waals surface area contributed by atoms with E-state index in [2.05, 4.69) is 21.9 Å². The molecular weight excluding hydrogens is 274 g/mol. The summed E-state index contributed by atoms with van der Waals surface area (Å²) < 4.78 is 0. The van der Waals surface area contributed by atoms with Gasteiger partial charge >= 0.3 is 0 Å². The van der Waals surface area contributed by atoms with Gasteiger partial charge in [0.2, 0.25) is 0 Å². The molecule has 0 bridgehead atoms. The van der Waals surface area contributed by atoms with E-state index in [0.717, 1.165) is 17.3 Å². The molecule has 1 aromatic carbocycles. The van der Waals surface area contributed by atoms with E-state index >= 15 is 0 Å². The molecule has 1 amide bonds. The SMILES string of the molecule is C=C/C=C\CC=NCC(C)NC(=O)c1cc2ccccc2[nH]1. The Morgan fingerprint density at radius 2 is 2.27 bits per heavy atom. The number of fused-ring (bicyclic) bond motifs is 1. The van der Waals surface area contributed by atoms with Crippen LogP contribution < -0.4 is 5.32 Å². The van der Waals surface area contributed by atoms with Crippen LogP contribution >= 0.6 is 0 Å². The van der Waals surface area contributed by atoms with Crippen molar-refractivity contribution in [2.24, 2.45) is 4.99 Å². The van der Waals surface area contributed by atoms with Crippen LogP contribution in [0.4, 0.5) is 0 Å². The first-order valence-corrected chi connectivity index (χ1v) is 7.35. The first-order valence-electron chi connectivity index (χ1n) is 7.35. The molecule has 0 radical (unpaired) electrons. The Hall–Kier alpha value is -2.62. The number of aliphatic imine (C=N–C) groups is 1. The van der Waals surface area contributed by atoms with Gasteiger partial charge in [-0.05, 0) is 19.1 Å². The van der Waals surface area contributed by atoms with Crippen LogP contribution in [0.5, 0.6) is 0 Å². The molecule has 1 unspecified atom stereocenters. The van der Waals surface area contributed by atoms with Crippen LogP contribution in [0.25, 0.3) is 10.9 Å². The predicted molar refractivity (Wildman–Crippen MR) is 92.5 cm³/mol. The molecule has 2 aromatic rings. The fourth-order valence-corrected chi connectivity index (χ4v) is 2.09. The number of para-hydroxylation sites is 1. The molecule has 0 spiro atoms. The highest BCUT2D eigenvalue weighted by atomic mass is 16.1. The number of benzene rings is 1. The molecule has 1 atom stereocenters. The maximum absolute atomic E-state index is 12.2. The van der Waals surface area contributed by atoms with Gasteiger partial charge in [-0.1, -0.05) is 43.0 Å². The minimum Gasteiger partial charge on any atom is -0.351 e. The number of carbonyl (C=O) groups excluding carboxylic acids is 1. The Balaban J connectivity index is 1.85. The van der Waals surface area contributed by atoms with Crippen LogP contribution in [0.3, 0.4) is 0 Å². The number of carbonyl (C=O) groups is 1. The van der Waals surface area contributed by atoms with Crippen LogP contribution in [-0.4, -0.2) is 29.7 Å². The van der Waals surface area contributed by atoms with Crippen molar-refractivity contribution >= 4 is 23.0 Å². The molecule has 1 aromatic heterocycles. The van der Waals surface area contributed by atoms with Crippen LogP contribution in [0.15, 0.2) is 60.1 Å². The second kappa shape index (κ2) is 7.98. The summed E-state index contributed by atoms with van der Waals surface area (Å²) in [5.74, 6) is -0.106. The molecule has 0 aliphatic heterocycles. The van der Waals surface area contributed by atoms with Crippen molar-refractivity contribution in [3.8, 4) is 0 Å². The molecule has 0 aliphatic carbocycles. The van der Waals surface area contributed by atoms with E-state index in [1.807, 2.05) is 55.6 Å². The summed E-state index contributed by atoms with van der Waals surface area (Å²) in [6.45, 7) is 6.11. The second-order valence-electron chi connectivity index (χ2n) is 5.09. The smallest absolute Gasteiger partial charge is 0.267 e. The van der Waals surface area contributed by atoms with Gasteiger partial charge < -0.3 is 10.3 Å². The Bertz CT molecular complexity index is 664. The Morgan fingerprint density at radius 1 is 1.45 bits per heavy atom. The molecule has 0 saturated heterocycles. The molecule has 0 aliphatic rings. The molecule has 2 rings (SSSR count). The maximum Gasteiger partial charge on any atom is 0.267 e. The van der Waals surface area contributed by atoms with E-state index in [1.54, 1.807) is 6.08 Å². The fraction of sp³-hybridized carbons (Fsp3) is 0.222. The summed E-state index contributed by atoms with van der Waals surface area (Å²) >= 11 is 0. The number of rotatable bonds is 7. The molecule has 0 saturated carbocycles. The zero-order valence-electron chi connectivity index (χ0n) is 12.8. The van der Waals surface area contributed by atoms with E-state index in [1.165, 1.54) is 0 Å². The molecule has 114 valence electrons. The average Bonchev–Trinajstić information content (AvgIpc) is 2.95. The third kappa shape index (κ3) is 4.45. The third-order valence-corrected chi connectivity index (χ3v) is 3.17. The Labute approximate surface area is 130 Å². The molecular formula is C18H21N3O. The topological polar surface area (TPSA) is 57.2 Å². The molecule has 2 N–H and O–H groups in total. The highest BCUT2D eigenvalue weighted by Gasteiger charge is 2.11. The zero-order valence-corrected chi connectivity index (χ0v) is 12.8. The first-order chi connectivity index (χ1) is 10.7. The average molecular weight is 295 g/mol. The van der Waals surface area contributed by atoms with Gasteiger partial charge in [-0.15, -0.1) is 0 Å².